The number of hydrogen-bond acceptors (Lipinski definition) is 3. The van der Waals surface area contributed by atoms with Gasteiger partial charge in [0.1, 0.15) is 6.04 Å². The van der Waals surface area contributed by atoms with Crippen molar-refractivity contribution < 1.29 is 14.7 Å². The predicted octanol–water partition coefficient (Wildman–Crippen LogP) is -0.324. The van der Waals surface area contributed by atoms with Gasteiger partial charge in [-0.25, -0.2) is 0 Å². The minimum atomic E-state index is -0.684. The topological polar surface area (TPSA) is 83.6 Å². The molecule has 5 heteroatoms. The van der Waals surface area contributed by atoms with Gasteiger partial charge >= 0.3 is 0 Å². The van der Waals surface area contributed by atoms with Crippen molar-refractivity contribution in [2.45, 2.75) is 25.0 Å². The molecule has 0 aromatic heterocycles. The molecule has 1 fully saturated rings. The van der Waals surface area contributed by atoms with Gasteiger partial charge in [-0.2, -0.15) is 0 Å². The van der Waals surface area contributed by atoms with E-state index in [1.54, 1.807) is 0 Å². The molecular weight excluding hydrogens is 232 g/mol. The first kappa shape index (κ1) is 12.6. The lowest BCUT2D eigenvalue weighted by atomic mass is 10.1. The molecule has 5 nitrogen and oxygen atoms in total. The Hall–Kier alpha value is -1.88. The molecule has 18 heavy (non-hydrogen) atoms. The van der Waals surface area contributed by atoms with Crippen molar-refractivity contribution >= 4 is 11.8 Å². The van der Waals surface area contributed by atoms with Gasteiger partial charge in [0.25, 0.3) is 0 Å². The van der Waals surface area contributed by atoms with Gasteiger partial charge in [-0.3, -0.25) is 9.59 Å². The van der Waals surface area contributed by atoms with Crippen LogP contribution in [0.2, 0.25) is 0 Å². The van der Waals surface area contributed by atoms with Gasteiger partial charge in [0.05, 0.1) is 12.5 Å². The molecule has 1 heterocycles. The maximum Gasteiger partial charge on any atom is 0.240 e. The number of primary amides is 1. The molecule has 1 aliphatic heterocycles. The van der Waals surface area contributed by atoms with E-state index in [2.05, 4.69) is 0 Å². The SMILES string of the molecule is NC(=O)C1CC(O)CN1C(=O)Cc1ccccc1. The molecular formula is C13H16N2O3. The third kappa shape index (κ3) is 2.68. The first-order valence-corrected chi connectivity index (χ1v) is 5.88. The summed E-state index contributed by atoms with van der Waals surface area (Å²) in [5, 5.41) is 9.53. The van der Waals surface area contributed by atoms with E-state index >= 15 is 0 Å². The highest BCUT2D eigenvalue weighted by atomic mass is 16.3. The quantitative estimate of drug-likeness (QED) is 0.768. The first-order valence-electron chi connectivity index (χ1n) is 5.88. The molecule has 1 aliphatic rings. The van der Waals surface area contributed by atoms with Crippen LogP contribution in [0.25, 0.3) is 0 Å². The van der Waals surface area contributed by atoms with E-state index in [0.29, 0.717) is 0 Å². The van der Waals surface area contributed by atoms with E-state index in [1.165, 1.54) is 4.90 Å². The van der Waals surface area contributed by atoms with Crippen molar-refractivity contribution in [1.29, 1.82) is 0 Å². The molecule has 1 aromatic rings. The Morgan fingerprint density at radius 2 is 2.00 bits per heavy atom. The number of nitrogens with zero attached hydrogens (tertiary/aromatic N) is 1. The molecule has 0 saturated carbocycles. The molecule has 2 amide bonds. The van der Waals surface area contributed by atoms with Crippen LogP contribution >= 0.6 is 0 Å². The van der Waals surface area contributed by atoms with E-state index in [9.17, 15) is 14.7 Å². The summed E-state index contributed by atoms with van der Waals surface area (Å²) in [4.78, 5) is 24.7. The van der Waals surface area contributed by atoms with E-state index < -0.39 is 18.1 Å². The summed E-state index contributed by atoms with van der Waals surface area (Å²) in [5.74, 6) is -0.741. The average Bonchev–Trinajstić information content (AvgIpc) is 2.73. The maximum absolute atomic E-state index is 12.1. The third-order valence-electron chi connectivity index (χ3n) is 3.13. The standard InChI is InChI=1S/C13H16N2O3/c14-13(18)11-7-10(16)8-15(11)12(17)6-9-4-2-1-3-5-9/h1-5,10-11,16H,6-8H2,(H2,14,18). The zero-order chi connectivity index (χ0) is 13.1. The van der Waals surface area contributed by atoms with Crippen molar-refractivity contribution in [3.8, 4) is 0 Å². The molecule has 2 atom stereocenters. The van der Waals surface area contributed by atoms with Crippen LogP contribution in [-0.2, 0) is 16.0 Å². The van der Waals surface area contributed by atoms with Crippen LogP contribution < -0.4 is 5.73 Å². The van der Waals surface area contributed by atoms with Gasteiger partial charge in [-0.1, -0.05) is 30.3 Å². The minimum Gasteiger partial charge on any atom is -0.391 e. The molecule has 96 valence electrons. The number of hydrogen-bond donors (Lipinski definition) is 2. The lowest BCUT2D eigenvalue weighted by Gasteiger charge is -2.21. The lowest BCUT2D eigenvalue weighted by Crippen LogP contribution is -2.44. The van der Waals surface area contributed by atoms with Gasteiger partial charge in [0, 0.05) is 13.0 Å². The van der Waals surface area contributed by atoms with Crippen LogP contribution in [-0.4, -0.2) is 40.5 Å². The second-order valence-corrected chi connectivity index (χ2v) is 4.52. The third-order valence-corrected chi connectivity index (χ3v) is 3.13. The number of likely N-dealkylation sites (tertiary alicyclic amines) is 1. The van der Waals surface area contributed by atoms with Crippen LogP contribution in [0.3, 0.4) is 0 Å². The fraction of sp³-hybridized carbons (Fsp3) is 0.385. The smallest absolute Gasteiger partial charge is 0.240 e. The molecule has 1 saturated heterocycles. The van der Waals surface area contributed by atoms with Crippen LogP contribution in [0.5, 0.6) is 0 Å². The Kier molecular flexibility index (Phi) is 3.62. The number of carbonyl (C=O) groups excluding carboxylic acids is 2. The van der Waals surface area contributed by atoms with Crippen LogP contribution in [0.15, 0.2) is 30.3 Å². The van der Waals surface area contributed by atoms with E-state index in [0.717, 1.165) is 5.56 Å². The zero-order valence-electron chi connectivity index (χ0n) is 9.95. The highest BCUT2D eigenvalue weighted by Crippen LogP contribution is 2.19. The predicted molar refractivity (Wildman–Crippen MR) is 65.5 cm³/mol. The lowest BCUT2D eigenvalue weighted by molar-refractivity contribution is -0.136. The van der Waals surface area contributed by atoms with Gasteiger partial charge in [0.2, 0.25) is 11.8 Å². The first-order chi connectivity index (χ1) is 8.58. The fourth-order valence-corrected chi connectivity index (χ4v) is 2.23. The van der Waals surface area contributed by atoms with Crippen molar-refractivity contribution in [2.75, 3.05) is 6.54 Å². The summed E-state index contributed by atoms with van der Waals surface area (Å²) >= 11 is 0. The summed E-state index contributed by atoms with van der Waals surface area (Å²) in [6, 6.07) is 8.60. The van der Waals surface area contributed by atoms with Gasteiger partial charge < -0.3 is 15.7 Å². The summed E-state index contributed by atoms with van der Waals surface area (Å²) < 4.78 is 0. The largest absolute Gasteiger partial charge is 0.391 e. The van der Waals surface area contributed by atoms with Crippen LogP contribution in [0.4, 0.5) is 0 Å². The summed E-state index contributed by atoms with van der Waals surface area (Å²) in [5.41, 5.74) is 6.12. The minimum absolute atomic E-state index is 0.179. The maximum atomic E-state index is 12.1. The molecule has 0 spiro atoms. The van der Waals surface area contributed by atoms with E-state index in [1.807, 2.05) is 30.3 Å². The highest BCUT2D eigenvalue weighted by molar-refractivity contribution is 5.88. The van der Waals surface area contributed by atoms with Crippen molar-refractivity contribution in [3.63, 3.8) is 0 Å². The molecule has 2 rings (SSSR count). The molecule has 0 radical (unpaired) electrons. The second kappa shape index (κ2) is 5.18. The van der Waals surface area contributed by atoms with E-state index in [4.69, 9.17) is 5.73 Å². The van der Waals surface area contributed by atoms with Crippen LogP contribution in [0, 0.1) is 0 Å². The number of nitrogens with two attached hydrogens (primary N) is 1. The van der Waals surface area contributed by atoms with Crippen LogP contribution in [0.1, 0.15) is 12.0 Å². The highest BCUT2D eigenvalue weighted by Gasteiger charge is 2.37. The van der Waals surface area contributed by atoms with Crippen molar-refractivity contribution in [1.82, 2.24) is 4.90 Å². The summed E-state index contributed by atoms with van der Waals surface area (Å²) in [7, 11) is 0. The Morgan fingerprint density at radius 1 is 1.33 bits per heavy atom. The summed E-state index contributed by atoms with van der Waals surface area (Å²) in [6.45, 7) is 0.180. The number of aliphatic hydroxyl groups excluding tert-OH is 1. The van der Waals surface area contributed by atoms with Crippen molar-refractivity contribution in [2.24, 2.45) is 5.73 Å². The number of rotatable bonds is 3. The monoisotopic (exact) mass is 248 g/mol. The van der Waals surface area contributed by atoms with Gasteiger partial charge in [-0.15, -0.1) is 0 Å². The van der Waals surface area contributed by atoms with E-state index in [-0.39, 0.29) is 25.3 Å². The number of aliphatic hydroxyl groups is 1. The molecule has 3 N–H and O–H groups in total. The Bertz CT molecular complexity index is 447. The van der Waals surface area contributed by atoms with Crippen molar-refractivity contribution in [3.05, 3.63) is 35.9 Å². The normalized spacial score (nSPS) is 23.1. The number of amides is 2. The van der Waals surface area contributed by atoms with Gasteiger partial charge in [0.15, 0.2) is 0 Å². The Morgan fingerprint density at radius 3 is 2.61 bits per heavy atom. The Labute approximate surface area is 105 Å². The Balaban J connectivity index is 2.06. The number of carbonyl (C=O) groups is 2. The fourth-order valence-electron chi connectivity index (χ4n) is 2.23. The zero-order valence-corrected chi connectivity index (χ0v) is 9.95. The number of benzene rings is 1. The molecule has 1 aromatic carbocycles. The average molecular weight is 248 g/mol. The molecule has 0 bridgehead atoms. The van der Waals surface area contributed by atoms with Gasteiger partial charge in [-0.05, 0) is 5.56 Å². The summed E-state index contributed by atoms with van der Waals surface area (Å²) in [6.07, 6.45) is -0.213. The molecule has 0 aliphatic carbocycles. The molecule has 2 unspecified atom stereocenters. The number of β-amino-alcohol motifs (C(OH)–C–C–N with tert-alkyl or cyclic N) is 1. The second-order valence-electron chi connectivity index (χ2n) is 4.52.